The van der Waals surface area contributed by atoms with Gasteiger partial charge in [0, 0.05) is 6.07 Å². The minimum atomic E-state index is -0.566. The Morgan fingerprint density at radius 1 is 1.19 bits per heavy atom. The molecule has 162 valence electrons. The number of rotatable bonds is 7. The lowest BCUT2D eigenvalue weighted by molar-refractivity contribution is -0.122. The average Bonchev–Trinajstić information content (AvgIpc) is 2.73. The third-order valence-corrected chi connectivity index (χ3v) is 5.24. The Labute approximate surface area is 191 Å². The van der Waals surface area contributed by atoms with Crippen LogP contribution < -0.4 is 19.7 Å². The summed E-state index contributed by atoms with van der Waals surface area (Å²) in [6.07, 6.45) is 2.35. The van der Waals surface area contributed by atoms with E-state index >= 15 is 0 Å². The highest BCUT2D eigenvalue weighted by Crippen LogP contribution is 2.29. The van der Waals surface area contributed by atoms with E-state index in [1.54, 1.807) is 42.5 Å². The van der Waals surface area contributed by atoms with Gasteiger partial charge in [0.2, 0.25) is 0 Å². The van der Waals surface area contributed by atoms with Gasteiger partial charge in [0.25, 0.3) is 11.8 Å². The van der Waals surface area contributed by atoms with E-state index in [4.69, 9.17) is 33.3 Å². The van der Waals surface area contributed by atoms with E-state index in [-0.39, 0.29) is 16.8 Å². The van der Waals surface area contributed by atoms with Crippen LogP contribution in [0.2, 0.25) is 5.02 Å². The zero-order chi connectivity index (χ0) is 22.5. The van der Waals surface area contributed by atoms with Gasteiger partial charge in [0.1, 0.15) is 17.1 Å². The quantitative estimate of drug-likeness (QED) is 0.368. The van der Waals surface area contributed by atoms with Crippen molar-refractivity contribution in [1.29, 1.82) is 0 Å². The lowest BCUT2D eigenvalue weighted by Crippen LogP contribution is -2.54. The molecule has 0 bridgehead atoms. The first-order valence-electron chi connectivity index (χ1n) is 9.94. The first-order valence-corrected chi connectivity index (χ1v) is 10.7. The summed E-state index contributed by atoms with van der Waals surface area (Å²) in [6.45, 7) is 6.33. The molecule has 2 amide bonds. The minimum absolute atomic E-state index is 0.0103. The van der Waals surface area contributed by atoms with E-state index in [1.165, 1.54) is 11.0 Å². The van der Waals surface area contributed by atoms with Gasteiger partial charge < -0.3 is 9.47 Å². The zero-order valence-corrected chi connectivity index (χ0v) is 19.0. The Kier molecular flexibility index (Phi) is 7.30. The van der Waals surface area contributed by atoms with E-state index in [1.807, 2.05) is 20.8 Å². The average molecular weight is 459 g/mol. The van der Waals surface area contributed by atoms with Crippen LogP contribution in [0.25, 0.3) is 6.08 Å². The first-order chi connectivity index (χ1) is 14.8. The summed E-state index contributed by atoms with van der Waals surface area (Å²) >= 11 is 11.6. The van der Waals surface area contributed by atoms with Crippen LogP contribution in [0, 0.1) is 0 Å². The molecule has 0 saturated carbocycles. The van der Waals surface area contributed by atoms with E-state index in [0.717, 1.165) is 6.42 Å². The fourth-order valence-corrected chi connectivity index (χ4v) is 3.45. The first kappa shape index (κ1) is 22.8. The summed E-state index contributed by atoms with van der Waals surface area (Å²) in [6, 6.07) is 12.1. The predicted molar refractivity (Wildman–Crippen MR) is 126 cm³/mol. The number of nitrogens with zero attached hydrogens (tertiary/aromatic N) is 1. The van der Waals surface area contributed by atoms with Crippen LogP contribution in [0.5, 0.6) is 11.5 Å². The molecule has 0 spiro atoms. The number of carbonyl (C=O) groups is 2. The molecular formula is C23H23ClN2O4S. The molecule has 0 unspecified atom stereocenters. The third-order valence-electron chi connectivity index (χ3n) is 4.66. The maximum atomic E-state index is 13.2. The van der Waals surface area contributed by atoms with Gasteiger partial charge in [-0.25, -0.2) is 0 Å². The largest absolute Gasteiger partial charge is 0.494 e. The van der Waals surface area contributed by atoms with Crippen molar-refractivity contribution in [3.63, 3.8) is 0 Å². The summed E-state index contributed by atoms with van der Waals surface area (Å²) in [7, 11) is 0. The number of ether oxygens (including phenoxy) is 2. The van der Waals surface area contributed by atoms with Crippen LogP contribution in [0.1, 0.15) is 32.8 Å². The summed E-state index contributed by atoms with van der Waals surface area (Å²) < 4.78 is 11.3. The molecule has 1 aliphatic heterocycles. The van der Waals surface area contributed by atoms with Crippen molar-refractivity contribution < 1.29 is 19.1 Å². The standard InChI is InChI=1S/C23H23ClN2O4S/c1-4-14(3)30-20-10-9-15(12-19(20)24)11-18-21(27)25-23(31)26(22(18)28)16-7-6-8-17(13-16)29-5-2/h6-14H,4-5H2,1-3H3,(H,25,27,31)/b18-11+/t14-/m0/s1. The lowest BCUT2D eigenvalue weighted by Gasteiger charge is -2.29. The van der Waals surface area contributed by atoms with Crippen molar-refractivity contribution in [3.8, 4) is 11.5 Å². The van der Waals surface area contributed by atoms with Gasteiger partial charge in [-0.15, -0.1) is 0 Å². The zero-order valence-electron chi connectivity index (χ0n) is 17.5. The molecule has 0 aromatic heterocycles. The number of anilines is 1. The van der Waals surface area contributed by atoms with Crippen LogP contribution in [-0.4, -0.2) is 29.6 Å². The Hall–Kier alpha value is -2.90. The maximum absolute atomic E-state index is 13.2. The Morgan fingerprint density at radius 2 is 1.97 bits per heavy atom. The van der Waals surface area contributed by atoms with Gasteiger partial charge in [-0.1, -0.05) is 30.7 Å². The number of amides is 2. The molecule has 0 radical (unpaired) electrons. The van der Waals surface area contributed by atoms with Gasteiger partial charge in [0.15, 0.2) is 5.11 Å². The molecule has 1 N–H and O–H groups in total. The molecule has 1 saturated heterocycles. The van der Waals surface area contributed by atoms with Crippen molar-refractivity contribution in [3.05, 3.63) is 58.6 Å². The highest BCUT2D eigenvalue weighted by molar-refractivity contribution is 7.80. The minimum Gasteiger partial charge on any atom is -0.494 e. The van der Waals surface area contributed by atoms with E-state index in [9.17, 15) is 9.59 Å². The normalized spacial score (nSPS) is 16.3. The molecule has 31 heavy (non-hydrogen) atoms. The number of halogens is 1. The Bertz CT molecular complexity index is 1050. The van der Waals surface area contributed by atoms with Gasteiger partial charge in [-0.2, -0.15) is 0 Å². The van der Waals surface area contributed by atoms with Crippen LogP contribution in [0.3, 0.4) is 0 Å². The number of carbonyl (C=O) groups excluding carboxylic acids is 2. The second-order valence-electron chi connectivity index (χ2n) is 6.91. The fraction of sp³-hybridized carbons (Fsp3) is 0.261. The molecule has 2 aromatic carbocycles. The smallest absolute Gasteiger partial charge is 0.270 e. The van der Waals surface area contributed by atoms with Gasteiger partial charge >= 0.3 is 0 Å². The fourth-order valence-electron chi connectivity index (χ4n) is 2.94. The molecule has 0 aliphatic carbocycles. The predicted octanol–water partition coefficient (Wildman–Crippen LogP) is 4.75. The molecule has 8 heteroatoms. The SMILES string of the molecule is CCOc1cccc(N2C(=O)/C(=C/c3ccc(O[C@@H](C)CC)c(Cl)c3)C(=O)NC2=S)c1. The molecular weight excluding hydrogens is 436 g/mol. The van der Waals surface area contributed by atoms with Crippen molar-refractivity contribution in [2.24, 2.45) is 0 Å². The Morgan fingerprint density at radius 3 is 2.65 bits per heavy atom. The topological polar surface area (TPSA) is 67.9 Å². The van der Waals surface area contributed by atoms with Crippen LogP contribution >= 0.6 is 23.8 Å². The molecule has 3 rings (SSSR count). The third kappa shape index (κ3) is 5.24. The van der Waals surface area contributed by atoms with Crippen molar-refractivity contribution >= 4 is 52.5 Å². The van der Waals surface area contributed by atoms with Crippen LogP contribution in [0.15, 0.2) is 48.0 Å². The summed E-state index contributed by atoms with van der Waals surface area (Å²) in [5, 5.41) is 2.98. The van der Waals surface area contributed by atoms with E-state index in [0.29, 0.717) is 34.4 Å². The number of hydrogen-bond acceptors (Lipinski definition) is 5. The molecule has 6 nitrogen and oxygen atoms in total. The highest BCUT2D eigenvalue weighted by atomic mass is 35.5. The van der Waals surface area contributed by atoms with Crippen LogP contribution in [0.4, 0.5) is 5.69 Å². The monoisotopic (exact) mass is 458 g/mol. The molecule has 1 aliphatic rings. The van der Waals surface area contributed by atoms with E-state index in [2.05, 4.69) is 5.32 Å². The van der Waals surface area contributed by atoms with Gasteiger partial charge in [-0.05, 0) is 68.4 Å². The lowest BCUT2D eigenvalue weighted by atomic mass is 10.1. The van der Waals surface area contributed by atoms with E-state index < -0.39 is 11.8 Å². The number of hydrogen-bond donors (Lipinski definition) is 1. The van der Waals surface area contributed by atoms with Crippen molar-refractivity contribution in [2.45, 2.75) is 33.3 Å². The molecule has 1 heterocycles. The summed E-state index contributed by atoms with van der Waals surface area (Å²) in [5.41, 5.74) is 1.04. The summed E-state index contributed by atoms with van der Waals surface area (Å²) in [4.78, 5) is 26.9. The molecule has 1 fully saturated rings. The van der Waals surface area contributed by atoms with Crippen molar-refractivity contribution in [2.75, 3.05) is 11.5 Å². The highest BCUT2D eigenvalue weighted by Gasteiger charge is 2.34. The van der Waals surface area contributed by atoms with Crippen molar-refractivity contribution in [1.82, 2.24) is 5.32 Å². The number of nitrogens with one attached hydrogen (secondary N) is 1. The maximum Gasteiger partial charge on any atom is 0.270 e. The van der Waals surface area contributed by atoms with Gasteiger partial charge in [0.05, 0.1) is 23.4 Å². The van der Waals surface area contributed by atoms with Crippen LogP contribution in [-0.2, 0) is 9.59 Å². The molecule has 2 aromatic rings. The second-order valence-corrected chi connectivity index (χ2v) is 7.71. The Balaban J connectivity index is 1.92. The number of benzene rings is 2. The number of thiocarbonyl (C=S) groups is 1. The second kappa shape index (κ2) is 9.94. The molecule has 1 atom stereocenters. The van der Waals surface area contributed by atoms with Gasteiger partial charge in [-0.3, -0.25) is 19.8 Å². The summed E-state index contributed by atoms with van der Waals surface area (Å²) in [5.74, 6) is 0.0524.